The lowest BCUT2D eigenvalue weighted by molar-refractivity contribution is -0.384. The summed E-state index contributed by atoms with van der Waals surface area (Å²) >= 11 is 1.49. The molecule has 0 radical (unpaired) electrons. The molecular weight excluding hydrogens is 424 g/mol. The van der Waals surface area contributed by atoms with Crippen LogP contribution in [0.5, 0.6) is 5.75 Å². The van der Waals surface area contributed by atoms with Crippen molar-refractivity contribution in [1.82, 2.24) is 4.98 Å². The second-order valence-electron chi connectivity index (χ2n) is 7.15. The second-order valence-corrected chi connectivity index (χ2v) is 8.18. The van der Waals surface area contributed by atoms with Crippen molar-refractivity contribution in [3.8, 4) is 16.3 Å². The maximum Gasteiger partial charge on any atom is 0.271 e. The minimum atomic E-state index is -0.501. The molecule has 0 atom stereocenters. The van der Waals surface area contributed by atoms with Gasteiger partial charge in [0.25, 0.3) is 5.69 Å². The predicted molar refractivity (Wildman–Crippen MR) is 129 cm³/mol. The highest BCUT2D eigenvalue weighted by Crippen LogP contribution is 2.40. The van der Waals surface area contributed by atoms with Gasteiger partial charge in [-0.1, -0.05) is 36.4 Å². The standard InChI is InChI=1S/C24H16N4O3S/c25-19-10-9-15(28(30)31)12-21(19)26-13-18-16-6-2-1-5-14(16)11-17(23(18)29)24-27-20-7-3-4-8-22(20)32-24/h1-13,29H,25H2. The number of phenolic OH excluding ortho intramolecular Hbond substituents is 1. The number of aromatic nitrogens is 1. The number of hydrogen-bond donors (Lipinski definition) is 2. The third-order valence-corrected chi connectivity index (χ3v) is 6.21. The van der Waals surface area contributed by atoms with E-state index >= 15 is 0 Å². The van der Waals surface area contributed by atoms with Gasteiger partial charge in [0.05, 0.1) is 32.1 Å². The van der Waals surface area contributed by atoms with Crippen molar-refractivity contribution in [1.29, 1.82) is 0 Å². The zero-order chi connectivity index (χ0) is 22.2. The van der Waals surface area contributed by atoms with Crippen LogP contribution in [0.3, 0.4) is 0 Å². The van der Waals surface area contributed by atoms with E-state index in [1.54, 1.807) is 0 Å². The average Bonchev–Trinajstić information content (AvgIpc) is 3.23. The summed E-state index contributed by atoms with van der Waals surface area (Å²) in [6.07, 6.45) is 1.49. The molecule has 32 heavy (non-hydrogen) atoms. The Morgan fingerprint density at radius 2 is 1.84 bits per heavy atom. The molecule has 4 aromatic carbocycles. The highest BCUT2D eigenvalue weighted by molar-refractivity contribution is 7.21. The monoisotopic (exact) mass is 440 g/mol. The Morgan fingerprint density at radius 1 is 1.06 bits per heavy atom. The molecule has 0 unspecified atom stereocenters. The average molecular weight is 440 g/mol. The zero-order valence-electron chi connectivity index (χ0n) is 16.6. The molecule has 8 heteroatoms. The number of aliphatic imine (C=N–C) groups is 1. The summed E-state index contributed by atoms with van der Waals surface area (Å²) in [5.41, 5.74) is 8.36. The number of hydrogen-bond acceptors (Lipinski definition) is 7. The summed E-state index contributed by atoms with van der Waals surface area (Å²) in [6, 6.07) is 21.4. The molecule has 0 aliphatic heterocycles. The Balaban J connectivity index is 1.69. The normalized spacial score (nSPS) is 11.5. The van der Waals surface area contributed by atoms with Crippen LogP contribution in [0.2, 0.25) is 0 Å². The smallest absolute Gasteiger partial charge is 0.271 e. The van der Waals surface area contributed by atoms with Gasteiger partial charge in [-0.25, -0.2) is 4.98 Å². The van der Waals surface area contributed by atoms with Crippen LogP contribution in [0.15, 0.2) is 77.8 Å². The zero-order valence-corrected chi connectivity index (χ0v) is 17.4. The molecule has 0 saturated heterocycles. The molecule has 5 rings (SSSR count). The van der Waals surface area contributed by atoms with Gasteiger partial charge in [0.1, 0.15) is 10.8 Å². The number of phenols is 1. The van der Waals surface area contributed by atoms with E-state index in [1.807, 2.05) is 54.6 Å². The molecule has 3 N–H and O–H groups in total. The van der Waals surface area contributed by atoms with Gasteiger partial charge in [0, 0.05) is 23.9 Å². The summed E-state index contributed by atoms with van der Waals surface area (Å²) in [4.78, 5) is 19.7. The van der Waals surface area contributed by atoms with Gasteiger partial charge >= 0.3 is 0 Å². The van der Waals surface area contributed by atoms with Crippen LogP contribution in [0.25, 0.3) is 31.6 Å². The Labute approximate surface area is 186 Å². The number of nitrogens with zero attached hydrogens (tertiary/aromatic N) is 3. The van der Waals surface area contributed by atoms with E-state index in [2.05, 4.69) is 9.98 Å². The summed E-state index contributed by atoms with van der Waals surface area (Å²) in [5.74, 6) is 0.0375. The van der Waals surface area contributed by atoms with Gasteiger partial charge in [-0.3, -0.25) is 15.1 Å². The summed E-state index contributed by atoms with van der Waals surface area (Å²) < 4.78 is 1.02. The van der Waals surface area contributed by atoms with Gasteiger partial charge in [-0.05, 0) is 35.0 Å². The van der Waals surface area contributed by atoms with Gasteiger partial charge < -0.3 is 10.8 Å². The summed E-state index contributed by atoms with van der Waals surface area (Å²) in [7, 11) is 0. The van der Waals surface area contributed by atoms with Crippen molar-refractivity contribution in [3.05, 3.63) is 88.5 Å². The minimum absolute atomic E-state index is 0.0375. The van der Waals surface area contributed by atoms with E-state index < -0.39 is 4.92 Å². The minimum Gasteiger partial charge on any atom is -0.507 e. The molecule has 156 valence electrons. The van der Waals surface area contributed by atoms with E-state index in [1.165, 1.54) is 35.8 Å². The Morgan fingerprint density at radius 3 is 2.66 bits per heavy atom. The van der Waals surface area contributed by atoms with Crippen LogP contribution >= 0.6 is 11.3 Å². The fourth-order valence-electron chi connectivity index (χ4n) is 3.54. The number of non-ortho nitro benzene ring substituents is 1. The number of nitro groups is 1. The van der Waals surface area contributed by atoms with Crippen LogP contribution in [0, 0.1) is 10.1 Å². The molecule has 7 nitrogen and oxygen atoms in total. The van der Waals surface area contributed by atoms with Crippen molar-refractivity contribution in [3.63, 3.8) is 0 Å². The number of benzene rings is 4. The van der Waals surface area contributed by atoms with E-state index in [-0.39, 0.29) is 17.1 Å². The first kappa shape index (κ1) is 19.7. The number of para-hydroxylation sites is 1. The van der Waals surface area contributed by atoms with E-state index in [4.69, 9.17) is 5.73 Å². The molecular formula is C24H16N4O3S. The first-order chi connectivity index (χ1) is 15.5. The van der Waals surface area contributed by atoms with E-state index in [9.17, 15) is 15.2 Å². The molecule has 5 aromatic rings. The third kappa shape index (κ3) is 3.42. The Bertz CT molecular complexity index is 1510. The van der Waals surface area contributed by atoms with Crippen LogP contribution in [-0.2, 0) is 0 Å². The van der Waals surface area contributed by atoms with Gasteiger partial charge in [-0.15, -0.1) is 11.3 Å². The van der Waals surface area contributed by atoms with Crippen molar-refractivity contribution in [2.24, 2.45) is 4.99 Å². The molecule has 0 saturated carbocycles. The molecule has 0 spiro atoms. The number of aromatic hydroxyl groups is 1. The van der Waals surface area contributed by atoms with Crippen molar-refractivity contribution < 1.29 is 10.0 Å². The van der Waals surface area contributed by atoms with Crippen molar-refractivity contribution >= 4 is 55.6 Å². The quantitative estimate of drug-likeness (QED) is 0.152. The Kier molecular flexibility index (Phi) is 4.76. The highest BCUT2D eigenvalue weighted by atomic mass is 32.1. The lowest BCUT2D eigenvalue weighted by atomic mass is 10.00. The van der Waals surface area contributed by atoms with E-state index in [0.717, 1.165) is 21.0 Å². The predicted octanol–water partition coefficient (Wildman–Crippen LogP) is 6.06. The molecule has 0 amide bonds. The van der Waals surface area contributed by atoms with Crippen LogP contribution in [-0.4, -0.2) is 21.2 Å². The molecule has 1 aromatic heterocycles. The van der Waals surface area contributed by atoms with Crippen LogP contribution < -0.4 is 5.73 Å². The molecule has 0 aliphatic rings. The molecule has 1 heterocycles. The maximum absolute atomic E-state index is 11.2. The number of anilines is 1. The van der Waals surface area contributed by atoms with Gasteiger partial charge in [-0.2, -0.15) is 0 Å². The fourth-order valence-corrected chi connectivity index (χ4v) is 4.52. The molecule has 0 aliphatic carbocycles. The van der Waals surface area contributed by atoms with Crippen molar-refractivity contribution in [2.45, 2.75) is 0 Å². The first-order valence-corrected chi connectivity index (χ1v) is 10.5. The third-order valence-electron chi connectivity index (χ3n) is 5.14. The Hall–Kier alpha value is -4.30. The summed E-state index contributed by atoms with van der Waals surface area (Å²) in [6.45, 7) is 0. The van der Waals surface area contributed by atoms with Crippen LogP contribution in [0.4, 0.5) is 17.1 Å². The van der Waals surface area contributed by atoms with Gasteiger partial charge in [0.15, 0.2) is 0 Å². The number of fused-ring (bicyclic) bond motifs is 2. The van der Waals surface area contributed by atoms with Gasteiger partial charge in [0.2, 0.25) is 0 Å². The number of rotatable bonds is 4. The largest absolute Gasteiger partial charge is 0.507 e. The fraction of sp³-hybridized carbons (Fsp3) is 0. The lowest BCUT2D eigenvalue weighted by Gasteiger charge is -2.10. The number of nitro benzene ring substituents is 1. The number of thiazole rings is 1. The lowest BCUT2D eigenvalue weighted by Crippen LogP contribution is -1.92. The van der Waals surface area contributed by atoms with E-state index in [0.29, 0.717) is 21.8 Å². The number of nitrogens with two attached hydrogens (primary N) is 1. The summed E-state index contributed by atoms with van der Waals surface area (Å²) in [5, 5.41) is 24.7. The topological polar surface area (TPSA) is 115 Å². The van der Waals surface area contributed by atoms with Crippen molar-refractivity contribution in [2.75, 3.05) is 5.73 Å². The highest BCUT2D eigenvalue weighted by Gasteiger charge is 2.16. The number of nitrogen functional groups attached to an aromatic ring is 1. The second kappa shape index (κ2) is 7.75. The SMILES string of the molecule is Nc1ccc([N+](=O)[O-])cc1N=Cc1c(O)c(-c2nc3ccccc3s2)cc2ccccc12. The van der Waals surface area contributed by atoms with Crippen LogP contribution in [0.1, 0.15) is 5.56 Å². The first-order valence-electron chi connectivity index (χ1n) is 9.70. The molecule has 0 bridgehead atoms. The molecule has 0 fully saturated rings. The maximum atomic E-state index is 11.2.